The Hall–Kier alpha value is -2.44. The molecule has 1 aromatic heterocycles. The minimum atomic E-state index is -3.37. The number of amides is 1. The first-order valence-corrected chi connectivity index (χ1v) is 11.9. The van der Waals surface area contributed by atoms with Crippen molar-refractivity contribution in [3.05, 3.63) is 87.6 Å². The van der Waals surface area contributed by atoms with Crippen molar-refractivity contribution >= 4 is 27.1 Å². The zero-order valence-electron chi connectivity index (χ0n) is 15.9. The molecule has 0 spiro atoms. The molecule has 0 aliphatic rings. The van der Waals surface area contributed by atoms with Crippen molar-refractivity contribution in [3.63, 3.8) is 0 Å². The van der Waals surface area contributed by atoms with E-state index >= 15 is 0 Å². The summed E-state index contributed by atoms with van der Waals surface area (Å²) in [5.41, 5.74) is 2.59. The molecular weight excluding hydrogens is 390 g/mol. The molecule has 0 fully saturated rings. The molecule has 146 valence electrons. The van der Waals surface area contributed by atoms with E-state index < -0.39 is 9.84 Å². The van der Waals surface area contributed by atoms with Gasteiger partial charge < -0.3 is 5.32 Å². The Balaban J connectivity index is 1.89. The van der Waals surface area contributed by atoms with Crippen LogP contribution in [0.15, 0.2) is 70.9 Å². The van der Waals surface area contributed by atoms with E-state index in [4.69, 9.17) is 0 Å². The molecule has 0 bridgehead atoms. The lowest BCUT2D eigenvalue weighted by Gasteiger charge is -2.19. The zero-order valence-corrected chi connectivity index (χ0v) is 17.5. The van der Waals surface area contributed by atoms with Gasteiger partial charge in [0.2, 0.25) is 0 Å². The van der Waals surface area contributed by atoms with Crippen molar-refractivity contribution in [3.8, 4) is 0 Å². The summed E-state index contributed by atoms with van der Waals surface area (Å²) >= 11 is 1.57. The van der Waals surface area contributed by atoms with Gasteiger partial charge in [-0.2, -0.15) is 0 Å². The topological polar surface area (TPSA) is 63.2 Å². The maximum atomic E-state index is 12.9. The van der Waals surface area contributed by atoms with Gasteiger partial charge in [-0.25, -0.2) is 8.42 Å². The molecule has 1 heterocycles. The monoisotopic (exact) mass is 413 g/mol. The largest absolute Gasteiger partial charge is 0.340 e. The minimum absolute atomic E-state index is 0.136. The Bertz CT molecular complexity index is 1040. The van der Waals surface area contributed by atoms with Crippen LogP contribution in [0.1, 0.15) is 45.7 Å². The second kappa shape index (κ2) is 8.71. The van der Waals surface area contributed by atoms with Crippen LogP contribution in [0.5, 0.6) is 0 Å². The quantitative estimate of drug-likeness (QED) is 0.614. The van der Waals surface area contributed by atoms with E-state index in [9.17, 15) is 13.2 Å². The predicted molar refractivity (Wildman–Crippen MR) is 114 cm³/mol. The van der Waals surface area contributed by atoms with Gasteiger partial charge in [0.1, 0.15) is 0 Å². The summed E-state index contributed by atoms with van der Waals surface area (Å²) in [4.78, 5) is 14.0. The Labute approximate surface area is 170 Å². The van der Waals surface area contributed by atoms with E-state index in [1.165, 1.54) is 17.7 Å². The van der Waals surface area contributed by atoms with Crippen LogP contribution in [0.3, 0.4) is 0 Å². The van der Waals surface area contributed by atoms with Gasteiger partial charge in [-0.15, -0.1) is 11.3 Å². The van der Waals surface area contributed by atoms with Crippen LogP contribution in [0.2, 0.25) is 0 Å². The predicted octanol–water partition coefficient (Wildman–Crippen LogP) is 4.62. The molecule has 1 unspecified atom stereocenters. The smallest absolute Gasteiger partial charge is 0.252 e. The first kappa shape index (κ1) is 20.3. The van der Waals surface area contributed by atoms with Gasteiger partial charge in [0, 0.05) is 16.7 Å². The van der Waals surface area contributed by atoms with E-state index in [0.29, 0.717) is 5.56 Å². The van der Waals surface area contributed by atoms with Crippen LogP contribution in [0.25, 0.3) is 0 Å². The Kier molecular flexibility index (Phi) is 6.31. The van der Waals surface area contributed by atoms with E-state index in [0.717, 1.165) is 29.5 Å². The van der Waals surface area contributed by atoms with Gasteiger partial charge in [0.15, 0.2) is 9.84 Å². The van der Waals surface area contributed by atoms with Crippen LogP contribution < -0.4 is 5.32 Å². The lowest BCUT2D eigenvalue weighted by atomic mass is 10.0. The fraction of sp³-hybridized carbons (Fsp3) is 0.227. The Morgan fingerprint density at radius 3 is 2.43 bits per heavy atom. The molecule has 1 amide bonds. The molecule has 0 saturated carbocycles. The molecule has 0 saturated heterocycles. The highest BCUT2D eigenvalue weighted by Gasteiger charge is 2.20. The van der Waals surface area contributed by atoms with Crippen LogP contribution in [0.4, 0.5) is 0 Å². The number of carbonyl (C=O) groups excluding carboxylic acids is 1. The number of hydrogen-bond donors (Lipinski definition) is 1. The Morgan fingerprint density at radius 1 is 1.07 bits per heavy atom. The van der Waals surface area contributed by atoms with Crippen molar-refractivity contribution in [1.29, 1.82) is 0 Å². The summed E-state index contributed by atoms with van der Waals surface area (Å²) in [5, 5.41) is 5.04. The molecule has 1 atom stereocenters. The van der Waals surface area contributed by atoms with Crippen molar-refractivity contribution in [2.75, 3.05) is 6.26 Å². The SMILES string of the molecule is CCCc1ccc(C(NC(=O)c2cccc(S(C)(=O)=O)c2)c2cccs2)cc1. The fourth-order valence-corrected chi connectivity index (χ4v) is 4.49. The molecule has 1 N–H and O–H groups in total. The van der Waals surface area contributed by atoms with Crippen LogP contribution >= 0.6 is 11.3 Å². The fourth-order valence-electron chi connectivity index (χ4n) is 3.02. The highest BCUT2D eigenvalue weighted by atomic mass is 32.2. The first-order valence-electron chi connectivity index (χ1n) is 9.11. The Morgan fingerprint density at radius 2 is 1.82 bits per heavy atom. The summed E-state index contributed by atoms with van der Waals surface area (Å²) in [6, 6.07) is 18.1. The zero-order chi connectivity index (χ0) is 20.1. The van der Waals surface area contributed by atoms with E-state index in [1.54, 1.807) is 23.5 Å². The third kappa shape index (κ3) is 4.88. The van der Waals surface area contributed by atoms with Crippen LogP contribution in [-0.2, 0) is 16.3 Å². The highest BCUT2D eigenvalue weighted by molar-refractivity contribution is 7.90. The third-order valence-electron chi connectivity index (χ3n) is 4.48. The molecule has 3 rings (SSSR count). The maximum absolute atomic E-state index is 12.9. The van der Waals surface area contributed by atoms with Crippen molar-refractivity contribution in [2.24, 2.45) is 0 Å². The average Bonchev–Trinajstić information content (AvgIpc) is 3.21. The molecule has 0 aliphatic carbocycles. The number of benzene rings is 2. The second-order valence-electron chi connectivity index (χ2n) is 6.71. The maximum Gasteiger partial charge on any atom is 0.252 e. The van der Waals surface area contributed by atoms with Gasteiger partial charge in [-0.1, -0.05) is 49.7 Å². The average molecular weight is 414 g/mol. The van der Waals surface area contributed by atoms with Gasteiger partial charge in [0.25, 0.3) is 5.91 Å². The summed E-state index contributed by atoms with van der Waals surface area (Å²) in [7, 11) is -3.37. The third-order valence-corrected chi connectivity index (χ3v) is 6.53. The highest BCUT2D eigenvalue weighted by Crippen LogP contribution is 2.27. The van der Waals surface area contributed by atoms with Crippen molar-refractivity contribution in [2.45, 2.75) is 30.7 Å². The van der Waals surface area contributed by atoms with Gasteiger partial charge >= 0.3 is 0 Å². The first-order chi connectivity index (χ1) is 13.4. The van der Waals surface area contributed by atoms with E-state index in [-0.39, 0.29) is 16.8 Å². The van der Waals surface area contributed by atoms with Crippen molar-refractivity contribution in [1.82, 2.24) is 5.32 Å². The summed E-state index contributed by atoms with van der Waals surface area (Å²) in [5.74, 6) is -0.304. The molecule has 2 aromatic carbocycles. The lowest BCUT2D eigenvalue weighted by molar-refractivity contribution is 0.0943. The van der Waals surface area contributed by atoms with E-state index in [1.807, 2.05) is 29.6 Å². The van der Waals surface area contributed by atoms with Gasteiger partial charge in [-0.05, 0) is 47.2 Å². The molecule has 4 nitrogen and oxygen atoms in total. The summed E-state index contributed by atoms with van der Waals surface area (Å²) in [6.45, 7) is 2.15. The van der Waals surface area contributed by atoms with Gasteiger partial charge in [-0.3, -0.25) is 4.79 Å². The molecule has 28 heavy (non-hydrogen) atoms. The number of aryl methyl sites for hydroxylation is 1. The molecular formula is C22H23NO3S2. The van der Waals surface area contributed by atoms with E-state index in [2.05, 4.69) is 24.4 Å². The second-order valence-corrected chi connectivity index (χ2v) is 9.71. The van der Waals surface area contributed by atoms with Crippen LogP contribution in [0, 0.1) is 0 Å². The number of nitrogens with one attached hydrogen (secondary N) is 1. The lowest BCUT2D eigenvalue weighted by Crippen LogP contribution is -2.29. The summed E-state index contributed by atoms with van der Waals surface area (Å²) in [6.07, 6.45) is 3.24. The molecule has 3 aromatic rings. The standard InChI is InChI=1S/C22H23NO3S2/c1-3-6-16-10-12-17(13-11-16)21(20-9-5-14-27-20)23-22(24)18-7-4-8-19(15-18)28(2,25)26/h4-5,7-15,21H,3,6H2,1-2H3,(H,23,24). The van der Waals surface area contributed by atoms with Crippen molar-refractivity contribution < 1.29 is 13.2 Å². The number of thiophene rings is 1. The normalized spacial score (nSPS) is 12.5. The van der Waals surface area contributed by atoms with Gasteiger partial charge in [0.05, 0.1) is 10.9 Å². The number of hydrogen-bond acceptors (Lipinski definition) is 4. The molecule has 6 heteroatoms. The number of sulfone groups is 1. The number of rotatable bonds is 7. The molecule has 0 radical (unpaired) electrons. The number of carbonyl (C=O) groups is 1. The van der Waals surface area contributed by atoms with Crippen LogP contribution in [-0.4, -0.2) is 20.6 Å². The minimum Gasteiger partial charge on any atom is -0.340 e. The molecule has 0 aliphatic heterocycles. The summed E-state index contributed by atoms with van der Waals surface area (Å²) < 4.78 is 23.6.